The van der Waals surface area contributed by atoms with Gasteiger partial charge < -0.3 is 9.30 Å². The molecule has 0 unspecified atom stereocenters. The van der Waals surface area contributed by atoms with Gasteiger partial charge in [-0.1, -0.05) is 37.6 Å². The van der Waals surface area contributed by atoms with Crippen LogP contribution < -0.4 is 10.3 Å². The fraction of sp³-hybridized carbons (Fsp3) is 0.217. The van der Waals surface area contributed by atoms with Gasteiger partial charge in [-0.2, -0.15) is 0 Å². The molecule has 0 fully saturated rings. The van der Waals surface area contributed by atoms with Crippen molar-refractivity contribution >= 4 is 22.6 Å². The molecule has 0 aliphatic rings. The molecule has 0 aliphatic carbocycles. The molecule has 2 heterocycles. The SMILES string of the molecule is CC(C)c1nc2ccc(-n3ccc(OCc4ccc(Cl)cc4)cc3=O)cc2n1C. The lowest BCUT2D eigenvalue weighted by atomic mass is 10.2. The fourth-order valence-electron chi connectivity index (χ4n) is 3.37. The Morgan fingerprint density at radius 3 is 2.52 bits per heavy atom. The third-order valence-corrected chi connectivity index (χ3v) is 5.16. The number of hydrogen-bond acceptors (Lipinski definition) is 3. The summed E-state index contributed by atoms with van der Waals surface area (Å²) in [4.78, 5) is 17.4. The largest absolute Gasteiger partial charge is 0.489 e. The van der Waals surface area contributed by atoms with Gasteiger partial charge in [-0.05, 0) is 42.0 Å². The smallest absolute Gasteiger partial charge is 0.258 e. The van der Waals surface area contributed by atoms with E-state index in [1.807, 2.05) is 49.5 Å². The minimum absolute atomic E-state index is 0.149. The van der Waals surface area contributed by atoms with Gasteiger partial charge in [0.2, 0.25) is 0 Å². The molecule has 6 heteroatoms. The van der Waals surface area contributed by atoms with Crippen molar-refractivity contribution in [2.24, 2.45) is 7.05 Å². The molecule has 2 aromatic heterocycles. The standard InChI is InChI=1S/C23H22ClN3O2/c1-15(2)23-25-20-9-8-18(12-21(20)26(23)3)27-11-10-19(13-22(27)28)29-14-16-4-6-17(24)7-5-16/h4-13,15H,14H2,1-3H3. The Bertz CT molecular complexity index is 1220. The van der Waals surface area contributed by atoms with Crippen LogP contribution in [-0.2, 0) is 13.7 Å². The molecular weight excluding hydrogens is 386 g/mol. The highest BCUT2D eigenvalue weighted by atomic mass is 35.5. The van der Waals surface area contributed by atoms with Crippen molar-refractivity contribution in [3.8, 4) is 11.4 Å². The number of nitrogens with zero attached hydrogens (tertiary/aromatic N) is 3. The molecule has 29 heavy (non-hydrogen) atoms. The van der Waals surface area contributed by atoms with Crippen molar-refractivity contribution in [1.82, 2.24) is 14.1 Å². The van der Waals surface area contributed by atoms with E-state index < -0.39 is 0 Å². The first-order valence-corrected chi connectivity index (χ1v) is 9.87. The van der Waals surface area contributed by atoms with E-state index in [-0.39, 0.29) is 5.56 Å². The average molecular weight is 408 g/mol. The highest BCUT2D eigenvalue weighted by Gasteiger charge is 2.12. The van der Waals surface area contributed by atoms with E-state index in [1.165, 1.54) is 6.07 Å². The Morgan fingerprint density at radius 2 is 1.83 bits per heavy atom. The molecule has 148 valence electrons. The Balaban J connectivity index is 1.59. The molecular formula is C23H22ClN3O2. The lowest BCUT2D eigenvalue weighted by molar-refractivity contribution is 0.305. The molecule has 0 saturated heterocycles. The van der Waals surface area contributed by atoms with Crippen LogP contribution in [-0.4, -0.2) is 14.1 Å². The number of benzene rings is 2. The fourth-order valence-corrected chi connectivity index (χ4v) is 3.50. The molecule has 0 bridgehead atoms. The molecule has 5 nitrogen and oxygen atoms in total. The number of pyridine rings is 1. The molecule has 0 spiro atoms. The van der Waals surface area contributed by atoms with Crippen LogP contribution in [0.5, 0.6) is 5.75 Å². The Kier molecular flexibility index (Phi) is 5.16. The average Bonchev–Trinajstić information content (AvgIpc) is 3.04. The topological polar surface area (TPSA) is 49.1 Å². The zero-order valence-electron chi connectivity index (χ0n) is 16.6. The van der Waals surface area contributed by atoms with E-state index in [4.69, 9.17) is 16.3 Å². The minimum atomic E-state index is -0.149. The van der Waals surface area contributed by atoms with Crippen molar-refractivity contribution in [2.75, 3.05) is 0 Å². The molecule has 0 N–H and O–H groups in total. The molecule has 2 aromatic carbocycles. The summed E-state index contributed by atoms with van der Waals surface area (Å²) in [5, 5.41) is 0.683. The first-order valence-electron chi connectivity index (χ1n) is 9.49. The zero-order chi connectivity index (χ0) is 20.5. The molecule has 4 rings (SSSR count). The van der Waals surface area contributed by atoms with Crippen LogP contribution >= 0.6 is 11.6 Å². The number of halogens is 1. The van der Waals surface area contributed by atoms with Crippen LogP contribution in [0.2, 0.25) is 5.02 Å². The number of ether oxygens (including phenoxy) is 1. The van der Waals surface area contributed by atoms with Crippen molar-refractivity contribution in [2.45, 2.75) is 26.4 Å². The number of fused-ring (bicyclic) bond motifs is 1. The van der Waals surface area contributed by atoms with E-state index in [0.29, 0.717) is 23.3 Å². The molecule has 0 radical (unpaired) electrons. The van der Waals surface area contributed by atoms with Gasteiger partial charge in [0.1, 0.15) is 18.2 Å². The lowest BCUT2D eigenvalue weighted by Gasteiger charge is -2.10. The monoisotopic (exact) mass is 407 g/mol. The third kappa shape index (κ3) is 3.91. The highest BCUT2D eigenvalue weighted by molar-refractivity contribution is 6.30. The second-order valence-electron chi connectivity index (χ2n) is 7.34. The number of aryl methyl sites for hydroxylation is 1. The summed E-state index contributed by atoms with van der Waals surface area (Å²) < 4.78 is 9.44. The van der Waals surface area contributed by atoms with Gasteiger partial charge >= 0.3 is 0 Å². The Morgan fingerprint density at radius 1 is 1.07 bits per heavy atom. The van der Waals surface area contributed by atoms with Gasteiger partial charge in [0, 0.05) is 30.3 Å². The second-order valence-corrected chi connectivity index (χ2v) is 7.78. The van der Waals surface area contributed by atoms with E-state index in [1.54, 1.807) is 16.8 Å². The number of imidazole rings is 1. The highest BCUT2D eigenvalue weighted by Crippen LogP contribution is 2.23. The summed E-state index contributed by atoms with van der Waals surface area (Å²) in [6.45, 7) is 4.62. The lowest BCUT2D eigenvalue weighted by Crippen LogP contribution is -2.16. The summed E-state index contributed by atoms with van der Waals surface area (Å²) in [5.41, 5.74) is 3.56. The van der Waals surface area contributed by atoms with Crippen molar-refractivity contribution in [3.63, 3.8) is 0 Å². The summed E-state index contributed by atoms with van der Waals surface area (Å²) in [7, 11) is 2.00. The third-order valence-electron chi connectivity index (χ3n) is 4.90. The summed E-state index contributed by atoms with van der Waals surface area (Å²) in [6, 6.07) is 16.6. The van der Waals surface area contributed by atoms with Crippen molar-refractivity contribution in [3.05, 3.63) is 87.6 Å². The number of aromatic nitrogens is 3. The quantitative estimate of drug-likeness (QED) is 0.463. The maximum atomic E-state index is 12.7. The van der Waals surface area contributed by atoms with Crippen molar-refractivity contribution in [1.29, 1.82) is 0 Å². The van der Waals surface area contributed by atoms with Gasteiger partial charge in [0.25, 0.3) is 5.56 Å². The maximum Gasteiger partial charge on any atom is 0.258 e. The molecule has 0 aliphatic heterocycles. The van der Waals surface area contributed by atoms with E-state index in [0.717, 1.165) is 28.1 Å². The summed E-state index contributed by atoms with van der Waals surface area (Å²) in [5.74, 6) is 1.89. The van der Waals surface area contributed by atoms with Gasteiger partial charge in [0.05, 0.1) is 16.7 Å². The van der Waals surface area contributed by atoms with E-state index in [9.17, 15) is 4.79 Å². The summed E-state index contributed by atoms with van der Waals surface area (Å²) in [6.07, 6.45) is 1.74. The van der Waals surface area contributed by atoms with Crippen LogP contribution in [0.4, 0.5) is 0 Å². The number of rotatable bonds is 5. The van der Waals surface area contributed by atoms with Gasteiger partial charge in [-0.25, -0.2) is 4.98 Å². The Hall–Kier alpha value is -3.05. The van der Waals surface area contributed by atoms with Crippen LogP contribution in [0.15, 0.2) is 65.6 Å². The molecule has 0 atom stereocenters. The van der Waals surface area contributed by atoms with Crippen molar-refractivity contribution < 1.29 is 4.74 Å². The van der Waals surface area contributed by atoms with E-state index in [2.05, 4.69) is 23.4 Å². The van der Waals surface area contributed by atoms with Crippen LogP contribution in [0.25, 0.3) is 16.7 Å². The summed E-state index contributed by atoms with van der Waals surface area (Å²) >= 11 is 5.90. The maximum absolute atomic E-state index is 12.7. The predicted octanol–water partition coefficient (Wildman–Crippen LogP) is 5.08. The second kappa shape index (κ2) is 7.76. The molecule has 0 saturated carbocycles. The van der Waals surface area contributed by atoms with Gasteiger partial charge in [-0.15, -0.1) is 0 Å². The van der Waals surface area contributed by atoms with Crippen LogP contribution in [0.1, 0.15) is 31.2 Å². The van der Waals surface area contributed by atoms with Gasteiger partial charge in [0.15, 0.2) is 0 Å². The van der Waals surface area contributed by atoms with Crippen LogP contribution in [0, 0.1) is 0 Å². The molecule has 0 amide bonds. The number of hydrogen-bond donors (Lipinski definition) is 0. The van der Waals surface area contributed by atoms with Gasteiger partial charge in [-0.3, -0.25) is 9.36 Å². The minimum Gasteiger partial charge on any atom is -0.489 e. The Labute approximate surface area is 174 Å². The normalized spacial score (nSPS) is 11.3. The predicted molar refractivity (Wildman–Crippen MR) is 116 cm³/mol. The zero-order valence-corrected chi connectivity index (χ0v) is 17.3. The van der Waals surface area contributed by atoms with Crippen LogP contribution in [0.3, 0.4) is 0 Å². The first-order chi connectivity index (χ1) is 13.9. The molecule has 4 aromatic rings. The van der Waals surface area contributed by atoms with E-state index >= 15 is 0 Å². The first kappa shape index (κ1) is 19.3.